The molecule has 1 aromatic carbocycles. The van der Waals surface area contributed by atoms with E-state index in [1.54, 1.807) is 6.20 Å². The van der Waals surface area contributed by atoms with E-state index in [1.807, 2.05) is 57.2 Å². The number of nitrogens with zero attached hydrogens (tertiary/aromatic N) is 1. The Balaban J connectivity index is 1.72. The molecule has 1 aromatic heterocycles. The van der Waals surface area contributed by atoms with Crippen LogP contribution >= 0.6 is 0 Å². The van der Waals surface area contributed by atoms with Crippen LogP contribution in [-0.2, 0) is 24.3 Å². The molecule has 25 heavy (non-hydrogen) atoms. The van der Waals surface area contributed by atoms with Crippen LogP contribution in [0, 0.1) is 0 Å². The van der Waals surface area contributed by atoms with Crippen molar-refractivity contribution < 1.29 is 9.53 Å². The van der Waals surface area contributed by atoms with Crippen LogP contribution in [-0.4, -0.2) is 23.2 Å². The molecule has 0 spiro atoms. The lowest BCUT2D eigenvalue weighted by Crippen LogP contribution is -2.36. The number of pyridine rings is 1. The molecule has 2 aromatic rings. The number of rotatable bonds is 7. The van der Waals surface area contributed by atoms with Gasteiger partial charge in [0.1, 0.15) is 0 Å². The summed E-state index contributed by atoms with van der Waals surface area (Å²) < 4.78 is 5.79. The van der Waals surface area contributed by atoms with E-state index < -0.39 is 0 Å². The van der Waals surface area contributed by atoms with Crippen molar-refractivity contribution in [1.82, 2.24) is 15.6 Å². The van der Waals surface area contributed by atoms with E-state index in [0.29, 0.717) is 26.1 Å². The largest absolute Gasteiger partial charge is 0.371 e. The summed E-state index contributed by atoms with van der Waals surface area (Å²) in [5.74, 6) is 0. The molecule has 0 aliphatic carbocycles. The van der Waals surface area contributed by atoms with Crippen LogP contribution in [0.5, 0.6) is 0 Å². The second kappa shape index (κ2) is 9.18. The van der Waals surface area contributed by atoms with Crippen molar-refractivity contribution in [2.75, 3.05) is 6.54 Å². The molecule has 0 atom stereocenters. The molecule has 1 heterocycles. The standard InChI is InChI=1S/C20H27N3O2/c1-20(2,3)25-15-17-8-6-7-16(13-17)14-23-19(24)22-12-10-18-9-4-5-11-21-18/h4-9,11,13H,10,12,14-15H2,1-3H3,(H2,22,23,24). The van der Waals surface area contributed by atoms with Crippen molar-refractivity contribution >= 4 is 6.03 Å². The van der Waals surface area contributed by atoms with E-state index in [0.717, 1.165) is 16.8 Å². The zero-order valence-electron chi connectivity index (χ0n) is 15.2. The Kier molecular flexibility index (Phi) is 6.95. The summed E-state index contributed by atoms with van der Waals surface area (Å²) in [7, 11) is 0. The molecular formula is C20H27N3O2. The highest BCUT2D eigenvalue weighted by atomic mass is 16.5. The Morgan fingerprint density at radius 1 is 1.08 bits per heavy atom. The van der Waals surface area contributed by atoms with Crippen LogP contribution < -0.4 is 10.6 Å². The normalized spacial score (nSPS) is 11.2. The molecule has 5 nitrogen and oxygen atoms in total. The van der Waals surface area contributed by atoms with Gasteiger partial charge >= 0.3 is 6.03 Å². The first kappa shape index (κ1) is 18.9. The molecule has 0 saturated carbocycles. The summed E-state index contributed by atoms with van der Waals surface area (Å²) in [4.78, 5) is 16.1. The van der Waals surface area contributed by atoms with Crippen LogP contribution in [0.2, 0.25) is 0 Å². The Hall–Kier alpha value is -2.40. The maximum absolute atomic E-state index is 11.9. The van der Waals surface area contributed by atoms with E-state index >= 15 is 0 Å². The van der Waals surface area contributed by atoms with Crippen molar-refractivity contribution in [2.24, 2.45) is 0 Å². The summed E-state index contributed by atoms with van der Waals surface area (Å²) in [6, 6.07) is 13.7. The number of carbonyl (C=O) groups excluding carboxylic acids is 1. The Labute approximate surface area is 149 Å². The van der Waals surface area contributed by atoms with Gasteiger partial charge in [-0.3, -0.25) is 4.98 Å². The molecule has 2 amide bonds. The lowest BCUT2D eigenvalue weighted by molar-refractivity contribution is -0.0149. The van der Waals surface area contributed by atoms with Gasteiger partial charge in [0.05, 0.1) is 12.2 Å². The fourth-order valence-corrected chi connectivity index (χ4v) is 2.22. The smallest absolute Gasteiger partial charge is 0.315 e. The highest BCUT2D eigenvalue weighted by Gasteiger charge is 2.10. The fourth-order valence-electron chi connectivity index (χ4n) is 2.22. The van der Waals surface area contributed by atoms with E-state index in [1.165, 1.54) is 0 Å². The molecule has 0 unspecified atom stereocenters. The number of amides is 2. The van der Waals surface area contributed by atoms with Gasteiger partial charge < -0.3 is 15.4 Å². The third-order valence-corrected chi connectivity index (χ3v) is 3.51. The molecule has 0 saturated heterocycles. The predicted molar refractivity (Wildman–Crippen MR) is 99.2 cm³/mol. The van der Waals surface area contributed by atoms with E-state index in [9.17, 15) is 4.79 Å². The second-order valence-corrected chi connectivity index (χ2v) is 6.90. The monoisotopic (exact) mass is 341 g/mol. The molecule has 0 radical (unpaired) electrons. The van der Waals surface area contributed by atoms with Crippen LogP contribution in [0.25, 0.3) is 0 Å². The number of hydrogen-bond donors (Lipinski definition) is 2. The van der Waals surface area contributed by atoms with Crippen LogP contribution in [0.4, 0.5) is 4.79 Å². The maximum atomic E-state index is 11.9. The van der Waals surface area contributed by atoms with Crippen molar-refractivity contribution in [3.63, 3.8) is 0 Å². The number of ether oxygens (including phenoxy) is 1. The van der Waals surface area contributed by atoms with Gasteiger partial charge in [-0.1, -0.05) is 30.3 Å². The molecule has 0 aliphatic heterocycles. The average molecular weight is 341 g/mol. The van der Waals surface area contributed by atoms with Gasteiger partial charge in [0.15, 0.2) is 0 Å². The van der Waals surface area contributed by atoms with E-state index in [-0.39, 0.29) is 11.6 Å². The number of nitrogens with one attached hydrogen (secondary N) is 2. The fraction of sp³-hybridized carbons (Fsp3) is 0.400. The molecule has 0 aliphatic rings. The molecule has 0 fully saturated rings. The minimum absolute atomic E-state index is 0.165. The lowest BCUT2D eigenvalue weighted by atomic mass is 10.1. The zero-order chi connectivity index (χ0) is 18.1. The first-order chi connectivity index (χ1) is 11.9. The third-order valence-electron chi connectivity index (χ3n) is 3.51. The van der Waals surface area contributed by atoms with Crippen molar-refractivity contribution in [2.45, 2.75) is 45.9 Å². The molecular weight excluding hydrogens is 314 g/mol. The summed E-state index contributed by atoms with van der Waals surface area (Å²) in [5.41, 5.74) is 2.95. The van der Waals surface area contributed by atoms with Gasteiger partial charge in [0.2, 0.25) is 0 Å². The van der Waals surface area contributed by atoms with Crippen LogP contribution in [0.3, 0.4) is 0 Å². The minimum atomic E-state index is -0.174. The topological polar surface area (TPSA) is 63.2 Å². The Morgan fingerprint density at radius 2 is 1.88 bits per heavy atom. The summed E-state index contributed by atoms with van der Waals surface area (Å²) in [6.07, 6.45) is 2.47. The summed E-state index contributed by atoms with van der Waals surface area (Å²) in [5, 5.41) is 5.72. The van der Waals surface area contributed by atoms with E-state index in [2.05, 4.69) is 21.7 Å². The van der Waals surface area contributed by atoms with Gasteiger partial charge in [-0.15, -0.1) is 0 Å². The lowest BCUT2D eigenvalue weighted by Gasteiger charge is -2.19. The van der Waals surface area contributed by atoms with Gasteiger partial charge in [0, 0.05) is 31.4 Å². The molecule has 2 rings (SSSR count). The average Bonchev–Trinajstić information content (AvgIpc) is 2.59. The first-order valence-electron chi connectivity index (χ1n) is 8.56. The van der Waals surface area contributed by atoms with Crippen molar-refractivity contribution in [3.8, 4) is 0 Å². The van der Waals surface area contributed by atoms with Gasteiger partial charge in [-0.25, -0.2) is 4.79 Å². The predicted octanol–water partition coefficient (Wildman–Crippen LogP) is 3.44. The summed E-state index contributed by atoms with van der Waals surface area (Å²) >= 11 is 0. The quantitative estimate of drug-likeness (QED) is 0.811. The van der Waals surface area contributed by atoms with E-state index in [4.69, 9.17) is 4.74 Å². The van der Waals surface area contributed by atoms with Crippen LogP contribution in [0.1, 0.15) is 37.6 Å². The molecule has 134 valence electrons. The highest BCUT2D eigenvalue weighted by molar-refractivity contribution is 5.73. The Morgan fingerprint density at radius 3 is 2.60 bits per heavy atom. The number of carbonyl (C=O) groups is 1. The Bertz CT molecular complexity index is 666. The second-order valence-electron chi connectivity index (χ2n) is 6.90. The SMILES string of the molecule is CC(C)(C)OCc1cccc(CNC(=O)NCCc2ccccn2)c1. The third kappa shape index (κ3) is 7.81. The number of urea groups is 1. The number of benzene rings is 1. The highest BCUT2D eigenvalue weighted by Crippen LogP contribution is 2.13. The number of aromatic nitrogens is 1. The van der Waals surface area contributed by atoms with Gasteiger partial charge in [0.25, 0.3) is 0 Å². The summed E-state index contributed by atoms with van der Waals surface area (Å²) in [6.45, 7) is 7.71. The van der Waals surface area contributed by atoms with Crippen molar-refractivity contribution in [3.05, 3.63) is 65.5 Å². The molecule has 0 bridgehead atoms. The first-order valence-corrected chi connectivity index (χ1v) is 8.56. The van der Waals surface area contributed by atoms with Crippen LogP contribution in [0.15, 0.2) is 48.7 Å². The zero-order valence-corrected chi connectivity index (χ0v) is 15.2. The van der Waals surface area contributed by atoms with Gasteiger partial charge in [-0.05, 0) is 44.0 Å². The van der Waals surface area contributed by atoms with Crippen molar-refractivity contribution in [1.29, 1.82) is 0 Å². The number of hydrogen-bond acceptors (Lipinski definition) is 3. The minimum Gasteiger partial charge on any atom is -0.371 e. The van der Waals surface area contributed by atoms with Gasteiger partial charge in [-0.2, -0.15) is 0 Å². The molecule has 2 N–H and O–H groups in total. The maximum Gasteiger partial charge on any atom is 0.315 e. The molecule has 5 heteroatoms.